The van der Waals surface area contributed by atoms with E-state index >= 15 is 0 Å². The Morgan fingerprint density at radius 2 is 1.52 bits per heavy atom. The second kappa shape index (κ2) is 10.5. The number of carboxylic acid groups (broad SMARTS) is 1. The Labute approximate surface area is 126 Å². The number of nitrogens with zero attached hydrogens (tertiary/aromatic N) is 3. The Kier molecular flexibility index (Phi) is 8.87. The van der Waals surface area contributed by atoms with Crippen LogP contribution in [-0.4, -0.2) is 29.7 Å². The Hall–Kier alpha value is -1.26. The number of carboxylic acids is 1. The van der Waals surface area contributed by atoms with Crippen LogP contribution >= 0.6 is 0 Å². The highest BCUT2D eigenvalue weighted by molar-refractivity contribution is 5.78. The summed E-state index contributed by atoms with van der Waals surface area (Å²) in [5.41, 5.74) is 7.46. The molecule has 0 bridgehead atoms. The molecule has 0 aromatic carbocycles. The molecule has 0 aliphatic heterocycles. The third-order valence-electron chi connectivity index (χ3n) is 4.35. The standard InChI is InChI=1S/C15H28N4O2/c16-19-18-13-12-17-15(14(20)21)10-8-6-4-2-1-3-5-7-9-11-15/h17H,1-13H2,(H,20,21). The maximum Gasteiger partial charge on any atom is 0.323 e. The summed E-state index contributed by atoms with van der Waals surface area (Å²) < 4.78 is 0. The van der Waals surface area contributed by atoms with Gasteiger partial charge in [-0.05, 0) is 18.4 Å². The molecule has 0 unspecified atom stereocenters. The molecule has 1 aliphatic rings. The summed E-state index contributed by atoms with van der Waals surface area (Å²) in [6.07, 6.45) is 11.7. The van der Waals surface area contributed by atoms with Gasteiger partial charge in [0.2, 0.25) is 0 Å². The van der Waals surface area contributed by atoms with Crippen molar-refractivity contribution in [3.8, 4) is 0 Å². The topological polar surface area (TPSA) is 98.1 Å². The van der Waals surface area contributed by atoms with Gasteiger partial charge in [0.05, 0.1) is 0 Å². The molecule has 1 fully saturated rings. The van der Waals surface area contributed by atoms with Gasteiger partial charge in [0, 0.05) is 18.0 Å². The van der Waals surface area contributed by atoms with Gasteiger partial charge in [-0.1, -0.05) is 62.9 Å². The largest absolute Gasteiger partial charge is 0.480 e. The summed E-state index contributed by atoms with van der Waals surface area (Å²) in [6.45, 7) is 0.724. The first-order valence-corrected chi connectivity index (χ1v) is 8.20. The fraction of sp³-hybridized carbons (Fsp3) is 0.933. The molecule has 2 N–H and O–H groups in total. The zero-order valence-electron chi connectivity index (χ0n) is 12.9. The molecule has 0 atom stereocenters. The van der Waals surface area contributed by atoms with E-state index < -0.39 is 11.5 Å². The Morgan fingerprint density at radius 1 is 1.05 bits per heavy atom. The van der Waals surface area contributed by atoms with Crippen molar-refractivity contribution in [1.29, 1.82) is 0 Å². The van der Waals surface area contributed by atoms with Crippen molar-refractivity contribution >= 4 is 5.97 Å². The molecule has 1 rings (SSSR count). The smallest absolute Gasteiger partial charge is 0.323 e. The van der Waals surface area contributed by atoms with Gasteiger partial charge in [0.1, 0.15) is 5.54 Å². The minimum absolute atomic E-state index is 0.297. The van der Waals surface area contributed by atoms with Gasteiger partial charge in [0.25, 0.3) is 0 Å². The molecule has 21 heavy (non-hydrogen) atoms. The minimum atomic E-state index is -0.843. The number of nitrogens with one attached hydrogen (secondary N) is 1. The van der Waals surface area contributed by atoms with Gasteiger partial charge in [-0.3, -0.25) is 4.79 Å². The van der Waals surface area contributed by atoms with Gasteiger partial charge in [0.15, 0.2) is 0 Å². The molecule has 0 heterocycles. The van der Waals surface area contributed by atoms with Gasteiger partial charge < -0.3 is 10.4 Å². The number of carbonyl (C=O) groups is 1. The molecule has 0 amide bonds. The quantitative estimate of drug-likeness (QED) is 0.347. The maximum atomic E-state index is 11.8. The van der Waals surface area contributed by atoms with Crippen LogP contribution in [0.2, 0.25) is 0 Å². The van der Waals surface area contributed by atoms with E-state index in [1.54, 1.807) is 0 Å². The molecule has 1 aliphatic carbocycles. The van der Waals surface area contributed by atoms with Crippen molar-refractivity contribution in [3.05, 3.63) is 10.4 Å². The van der Waals surface area contributed by atoms with E-state index in [9.17, 15) is 9.90 Å². The number of hydrogen-bond acceptors (Lipinski definition) is 3. The van der Waals surface area contributed by atoms with Crippen LogP contribution in [0, 0.1) is 0 Å². The molecule has 6 nitrogen and oxygen atoms in total. The molecule has 0 saturated heterocycles. The predicted molar refractivity (Wildman–Crippen MR) is 83.2 cm³/mol. The van der Waals surface area contributed by atoms with Crippen molar-refractivity contribution < 1.29 is 9.90 Å². The first-order valence-electron chi connectivity index (χ1n) is 8.20. The zero-order valence-corrected chi connectivity index (χ0v) is 12.9. The average molecular weight is 296 g/mol. The number of azide groups is 1. The average Bonchev–Trinajstić information content (AvgIpc) is 2.45. The third-order valence-corrected chi connectivity index (χ3v) is 4.35. The van der Waals surface area contributed by atoms with Crippen LogP contribution in [-0.2, 0) is 4.79 Å². The van der Waals surface area contributed by atoms with Crippen LogP contribution < -0.4 is 5.32 Å². The van der Waals surface area contributed by atoms with E-state index in [1.165, 1.54) is 32.1 Å². The van der Waals surface area contributed by atoms with Crippen molar-refractivity contribution in [2.75, 3.05) is 13.1 Å². The SMILES string of the molecule is [N-]=[N+]=NCCNC1(C(=O)O)CCCCCCCCCCC1. The highest BCUT2D eigenvalue weighted by atomic mass is 16.4. The summed E-state index contributed by atoms with van der Waals surface area (Å²) in [4.78, 5) is 14.5. The number of rotatable bonds is 5. The van der Waals surface area contributed by atoms with E-state index in [0.717, 1.165) is 25.7 Å². The second-order valence-electron chi connectivity index (χ2n) is 5.95. The molecule has 120 valence electrons. The van der Waals surface area contributed by atoms with Gasteiger partial charge in [-0.2, -0.15) is 0 Å². The Bertz CT molecular complexity index is 342. The van der Waals surface area contributed by atoms with Crippen LogP contribution in [0.4, 0.5) is 0 Å². The van der Waals surface area contributed by atoms with Crippen LogP contribution in [0.5, 0.6) is 0 Å². The normalized spacial score (nSPS) is 20.6. The fourth-order valence-electron chi connectivity index (χ4n) is 3.07. The van der Waals surface area contributed by atoms with E-state index in [1.807, 2.05) is 0 Å². The molecule has 0 spiro atoms. The predicted octanol–water partition coefficient (Wildman–Crippen LogP) is 4.01. The lowest BCUT2D eigenvalue weighted by atomic mass is 9.85. The first kappa shape index (κ1) is 17.8. The second-order valence-corrected chi connectivity index (χ2v) is 5.95. The van der Waals surface area contributed by atoms with Gasteiger partial charge in [-0.25, -0.2) is 0 Å². The molecule has 0 radical (unpaired) electrons. The number of aliphatic carboxylic acids is 1. The lowest BCUT2D eigenvalue weighted by Crippen LogP contribution is -2.53. The summed E-state index contributed by atoms with van der Waals surface area (Å²) in [5, 5.41) is 16.3. The van der Waals surface area contributed by atoms with Crippen LogP contribution in [0.3, 0.4) is 0 Å². The van der Waals surface area contributed by atoms with E-state index in [0.29, 0.717) is 25.9 Å². The van der Waals surface area contributed by atoms with Crippen LogP contribution in [0.25, 0.3) is 10.4 Å². The highest BCUT2D eigenvalue weighted by Crippen LogP contribution is 2.25. The Balaban J connectivity index is 2.62. The summed E-state index contributed by atoms with van der Waals surface area (Å²) in [6, 6.07) is 0. The molecule has 0 aromatic heterocycles. The van der Waals surface area contributed by atoms with Crippen molar-refractivity contribution in [1.82, 2.24) is 5.32 Å². The molecule has 6 heteroatoms. The molecule has 1 saturated carbocycles. The molecular weight excluding hydrogens is 268 g/mol. The summed E-state index contributed by atoms with van der Waals surface area (Å²) in [7, 11) is 0. The van der Waals surface area contributed by atoms with Gasteiger partial charge in [-0.15, -0.1) is 0 Å². The molecule has 0 aromatic rings. The van der Waals surface area contributed by atoms with Crippen molar-refractivity contribution in [2.45, 2.75) is 76.2 Å². The van der Waals surface area contributed by atoms with E-state index in [2.05, 4.69) is 15.3 Å². The summed E-state index contributed by atoms with van der Waals surface area (Å²) in [5.74, 6) is -0.763. The number of hydrogen-bond donors (Lipinski definition) is 2. The van der Waals surface area contributed by atoms with Crippen LogP contribution in [0.15, 0.2) is 5.11 Å². The lowest BCUT2D eigenvalue weighted by molar-refractivity contribution is -0.145. The van der Waals surface area contributed by atoms with Gasteiger partial charge >= 0.3 is 5.97 Å². The minimum Gasteiger partial charge on any atom is -0.480 e. The Morgan fingerprint density at radius 3 is 1.95 bits per heavy atom. The molecular formula is C15H28N4O2. The third kappa shape index (κ3) is 6.82. The maximum absolute atomic E-state index is 11.8. The summed E-state index contributed by atoms with van der Waals surface area (Å²) >= 11 is 0. The fourth-order valence-corrected chi connectivity index (χ4v) is 3.07. The van der Waals surface area contributed by atoms with Crippen LogP contribution in [0.1, 0.15) is 70.6 Å². The first-order chi connectivity index (χ1) is 10.2. The van der Waals surface area contributed by atoms with Crippen molar-refractivity contribution in [2.24, 2.45) is 5.11 Å². The van der Waals surface area contributed by atoms with E-state index in [4.69, 9.17) is 5.53 Å². The van der Waals surface area contributed by atoms with E-state index in [-0.39, 0.29) is 0 Å². The monoisotopic (exact) mass is 296 g/mol. The lowest BCUT2D eigenvalue weighted by Gasteiger charge is -2.31. The highest BCUT2D eigenvalue weighted by Gasteiger charge is 2.36. The van der Waals surface area contributed by atoms with Crippen molar-refractivity contribution in [3.63, 3.8) is 0 Å². The zero-order chi connectivity index (χ0) is 15.4.